The molecule has 0 rings (SSSR count). The predicted octanol–water partition coefficient (Wildman–Crippen LogP) is -0.721. The molecule has 62 valence electrons. The first-order valence-corrected chi connectivity index (χ1v) is 2.60. The standard InChI is InChI=1S/C4H12N2O4/c1-4(6-5,9-7-2)10-8-3/h6H,5H2,1-3H3. The van der Waals surface area contributed by atoms with Gasteiger partial charge in [-0.2, -0.15) is 9.78 Å². The Morgan fingerprint density at radius 3 is 1.80 bits per heavy atom. The number of nitrogens with one attached hydrogen (secondary N) is 1. The Bertz CT molecular complexity index is 83.3. The van der Waals surface area contributed by atoms with Gasteiger partial charge in [-0.15, -0.1) is 0 Å². The first-order chi connectivity index (χ1) is 4.68. The van der Waals surface area contributed by atoms with Crippen LogP contribution in [0.4, 0.5) is 0 Å². The van der Waals surface area contributed by atoms with Crippen LogP contribution in [0.25, 0.3) is 0 Å². The molecule has 0 aliphatic rings. The lowest BCUT2D eigenvalue weighted by Gasteiger charge is -2.23. The molecule has 0 aromatic heterocycles. The second kappa shape index (κ2) is 4.56. The van der Waals surface area contributed by atoms with Crippen molar-refractivity contribution in [3.8, 4) is 0 Å². The topological polar surface area (TPSA) is 75.0 Å². The number of hydrogen-bond donors (Lipinski definition) is 2. The maximum Gasteiger partial charge on any atom is 0.296 e. The normalized spacial score (nSPS) is 12.0. The minimum atomic E-state index is -1.27. The minimum absolute atomic E-state index is 1.27. The van der Waals surface area contributed by atoms with Gasteiger partial charge in [-0.05, 0) is 0 Å². The molecule has 6 heteroatoms. The van der Waals surface area contributed by atoms with E-state index in [1.54, 1.807) is 0 Å². The van der Waals surface area contributed by atoms with E-state index in [1.807, 2.05) is 0 Å². The second-order valence-corrected chi connectivity index (χ2v) is 1.59. The van der Waals surface area contributed by atoms with Gasteiger partial charge in [0.05, 0.1) is 14.2 Å². The Kier molecular flexibility index (Phi) is 4.45. The van der Waals surface area contributed by atoms with E-state index in [1.165, 1.54) is 21.1 Å². The Hall–Kier alpha value is -0.240. The van der Waals surface area contributed by atoms with Crippen LogP contribution in [0.15, 0.2) is 0 Å². The third-order valence-electron chi connectivity index (χ3n) is 0.747. The molecule has 0 aromatic carbocycles. The molecule has 0 spiro atoms. The van der Waals surface area contributed by atoms with Crippen molar-refractivity contribution in [1.29, 1.82) is 0 Å². The van der Waals surface area contributed by atoms with E-state index in [0.717, 1.165) is 0 Å². The zero-order chi connectivity index (χ0) is 8.04. The van der Waals surface area contributed by atoms with Crippen LogP contribution in [0.1, 0.15) is 6.92 Å². The lowest BCUT2D eigenvalue weighted by molar-refractivity contribution is -0.503. The van der Waals surface area contributed by atoms with E-state index in [4.69, 9.17) is 5.84 Å². The van der Waals surface area contributed by atoms with Crippen LogP contribution >= 0.6 is 0 Å². The first-order valence-electron chi connectivity index (χ1n) is 2.60. The highest BCUT2D eigenvalue weighted by Gasteiger charge is 2.26. The quantitative estimate of drug-likeness (QED) is 0.234. The first kappa shape index (κ1) is 9.76. The van der Waals surface area contributed by atoms with Gasteiger partial charge in [-0.25, -0.2) is 15.2 Å². The summed E-state index contributed by atoms with van der Waals surface area (Å²) in [6.07, 6.45) is 0. The van der Waals surface area contributed by atoms with Gasteiger partial charge >= 0.3 is 0 Å². The van der Waals surface area contributed by atoms with Gasteiger partial charge in [-0.3, -0.25) is 5.84 Å². The lowest BCUT2D eigenvalue weighted by Crippen LogP contribution is -2.50. The maximum absolute atomic E-state index is 5.02. The van der Waals surface area contributed by atoms with Gasteiger partial charge < -0.3 is 0 Å². The molecule has 3 N–H and O–H groups in total. The third kappa shape index (κ3) is 3.06. The molecule has 0 aliphatic carbocycles. The molecule has 0 saturated heterocycles. The molecule has 0 aromatic rings. The van der Waals surface area contributed by atoms with Crippen LogP contribution in [0.2, 0.25) is 0 Å². The Morgan fingerprint density at radius 2 is 1.60 bits per heavy atom. The summed E-state index contributed by atoms with van der Waals surface area (Å²) in [7, 11) is 2.66. The van der Waals surface area contributed by atoms with Crippen LogP contribution in [-0.4, -0.2) is 20.1 Å². The van der Waals surface area contributed by atoms with Gasteiger partial charge in [0.25, 0.3) is 5.91 Å². The molecule has 0 fully saturated rings. The van der Waals surface area contributed by atoms with Crippen LogP contribution in [-0.2, 0) is 19.6 Å². The average Bonchev–Trinajstić information content (AvgIpc) is 1.89. The smallest absolute Gasteiger partial charge is 0.267 e. The van der Waals surface area contributed by atoms with Crippen LogP contribution in [0, 0.1) is 0 Å². The minimum Gasteiger partial charge on any atom is -0.267 e. The number of hydrazine groups is 1. The predicted molar refractivity (Wildman–Crippen MR) is 31.9 cm³/mol. The van der Waals surface area contributed by atoms with E-state index in [0.29, 0.717) is 0 Å². The molecule has 0 saturated carbocycles. The molecule has 0 atom stereocenters. The van der Waals surface area contributed by atoms with Gasteiger partial charge in [-0.1, -0.05) is 0 Å². The molecular formula is C4H12N2O4. The van der Waals surface area contributed by atoms with Gasteiger partial charge in [0.1, 0.15) is 0 Å². The highest BCUT2D eigenvalue weighted by Crippen LogP contribution is 2.05. The summed E-state index contributed by atoms with van der Waals surface area (Å²) in [6, 6.07) is 0. The molecule has 10 heavy (non-hydrogen) atoms. The molecule has 0 radical (unpaired) electrons. The lowest BCUT2D eigenvalue weighted by atomic mass is 10.6. The highest BCUT2D eigenvalue weighted by atomic mass is 17.3. The summed E-state index contributed by atoms with van der Waals surface area (Å²) in [4.78, 5) is 17.7. The number of rotatable bonds is 5. The summed E-state index contributed by atoms with van der Waals surface area (Å²) in [5, 5.41) is 0. The third-order valence-corrected chi connectivity index (χ3v) is 0.747. The van der Waals surface area contributed by atoms with Crippen molar-refractivity contribution in [3.05, 3.63) is 0 Å². The van der Waals surface area contributed by atoms with Crippen molar-refractivity contribution in [2.45, 2.75) is 12.8 Å². The van der Waals surface area contributed by atoms with Crippen LogP contribution in [0.5, 0.6) is 0 Å². The fourth-order valence-electron chi connectivity index (χ4n) is 0.380. The van der Waals surface area contributed by atoms with E-state index >= 15 is 0 Å². The Balaban J connectivity index is 3.69. The Labute approximate surface area is 59.0 Å². The van der Waals surface area contributed by atoms with E-state index in [-0.39, 0.29) is 0 Å². The fourth-order valence-corrected chi connectivity index (χ4v) is 0.380. The summed E-state index contributed by atoms with van der Waals surface area (Å²) in [6.45, 7) is 1.49. The van der Waals surface area contributed by atoms with Crippen molar-refractivity contribution in [2.75, 3.05) is 14.2 Å². The fraction of sp³-hybridized carbons (Fsp3) is 1.00. The maximum atomic E-state index is 5.02. The summed E-state index contributed by atoms with van der Waals surface area (Å²) in [5.74, 6) is 3.74. The Morgan fingerprint density at radius 1 is 1.20 bits per heavy atom. The average molecular weight is 152 g/mol. The molecule has 0 unspecified atom stereocenters. The van der Waals surface area contributed by atoms with E-state index < -0.39 is 5.91 Å². The zero-order valence-electron chi connectivity index (χ0n) is 6.21. The highest BCUT2D eigenvalue weighted by molar-refractivity contribution is 4.46. The SMILES string of the molecule is COOC(C)(NN)OOC. The van der Waals surface area contributed by atoms with Crippen molar-refractivity contribution < 1.29 is 19.6 Å². The number of hydrogen-bond acceptors (Lipinski definition) is 6. The largest absolute Gasteiger partial charge is 0.296 e. The van der Waals surface area contributed by atoms with Crippen LogP contribution in [0.3, 0.4) is 0 Å². The number of nitrogens with two attached hydrogens (primary N) is 1. The summed E-state index contributed by atoms with van der Waals surface area (Å²) in [5.41, 5.74) is 2.19. The monoisotopic (exact) mass is 152 g/mol. The summed E-state index contributed by atoms with van der Waals surface area (Å²) >= 11 is 0. The molecule has 0 bridgehead atoms. The van der Waals surface area contributed by atoms with Crippen molar-refractivity contribution in [2.24, 2.45) is 5.84 Å². The zero-order valence-corrected chi connectivity index (χ0v) is 6.21. The van der Waals surface area contributed by atoms with Crippen molar-refractivity contribution in [1.82, 2.24) is 5.43 Å². The summed E-state index contributed by atoms with van der Waals surface area (Å²) < 4.78 is 0. The van der Waals surface area contributed by atoms with Gasteiger partial charge in [0.15, 0.2) is 0 Å². The molecular weight excluding hydrogens is 140 g/mol. The van der Waals surface area contributed by atoms with Crippen LogP contribution < -0.4 is 11.3 Å². The molecule has 0 heterocycles. The van der Waals surface area contributed by atoms with Crippen molar-refractivity contribution >= 4 is 0 Å². The van der Waals surface area contributed by atoms with Gasteiger partial charge in [0, 0.05) is 6.92 Å². The van der Waals surface area contributed by atoms with Crippen molar-refractivity contribution in [3.63, 3.8) is 0 Å². The molecule has 6 nitrogen and oxygen atoms in total. The molecule has 0 amide bonds. The van der Waals surface area contributed by atoms with Gasteiger partial charge in [0.2, 0.25) is 0 Å². The van der Waals surface area contributed by atoms with E-state index in [9.17, 15) is 0 Å². The van der Waals surface area contributed by atoms with E-state index in [2.05, 4.69) is 25.0 Å². The second-order valence-electron chi connectivity index (χ2n) is 1.59. The molecule has 0 aliphatic heterocycles.